The Labute approximate surface area is 120 Å². The minimum absolute atomic E-state index is 0.274. The molecule has 19 heavy (non-hydrogen) atoms. The Bertz CT molecular complexity index is 383. The Morgan fingerprint density at radius 2 is 2.42 bits per heavy atom. The van der Waals surface area contributed by atoms with E-state index in [2.05, 4.69) is 41.4 Å². The van der Waals surface area contributed by atoms with Gasteiger partial charge in [0.05, 0.1) is 23.4 Å². The van der Waals surface area contributed by atoms with Gasteiger partial charge in [0.15, 0.2) is 0 Å². The fourth-order valence-electron chi connectivity index (χ4n) is 2.59. The van der Waals surface area contributed by atoms with Crippen LogP contribution < -0.4 is 5.32 Å². The van der Waals surface area contributed by atoms with Crippen molar-refractivity contribution < 1.29 is 4.74 Å². The number of aryl methyl sites for hydroxylation is 1. The molecule has 1 aliphatic heterocycles. The number of ether oxygens (including phenoxy) is 1. The highest BCUT2D eigenvalue weighted by atomic mass is 32.1. The molecule has 108 valence electrons. The third-order valence-electron chi connectivity index (χ3n) is 3.64. The molecule has 2 unspecified atom stereocenters. The fourth-order valence-corrected chi connectivity index (χ4v) is 3.21. The molecule has 1 saturated heterocycles. The van der Waals surface area contributed by atoms with Crippen molar-refractivity contribution in [1.29, 1.82) is 0 Å². The molecule has 2 atom stereocenters. The van der Waals surface area contributed by atoms with Gasteiger partial charge in [-0.25, -0.2) is 4.98 Å². The summed E-state index contributed by atoms with van der Waals surface area (Å²) in [5.41, 5.74) is 1.19. The van der Waals surface area contributed by atoms with Crippen molar-refractivity contribution >= 4 is 11.3 Å². The third kappa shape index (κ3) is 4.24. The molecule has 0 aromatic carbocycles. The molecule has 2 heterocycles. The van der Waals surface area contributed by atoms with Gasteiger partial charge < -0.3 is 10.1 Å². The average molecular weight is 283 g/mol. The van der Waals surface area contributed by atoms with Gasteiger partial charge in [-0.1, -0.05) is 13.8 Å². The number of aromatic nitrogens is 1. The normalized spacial score (nSPS) is 22.6. The standard InChI is InChI=1S/C14H25N3OS/c1-4-15-13(8-12-10-19-11(3)16-12)14-9-17(5-2)6-7-18-14/h10,13-15H,4-9H2,1-3H3. The van der Waals surface area contributed by atoms with Crippen LogP contribution >= 0.6 is 11.3 Å². The van der Waals surface area contributed by atoms with Crippen LogP contribution in [0.4, 0.5) is 0 Å². The Hall–Kier alpha value is -0.490. The molecule has 4 nitrogen and oxygen atoms in total. The fraction of sp³-hybridized carbons (Fsp3) is 0.786. The first-order valence-electron chi connectivity index (χ1n) is 7.21. The van der Waals surface area contributed by atoms with Gasteiger partial charge in [-0.3, -0.25) is 4.90 Å². The van der Waals surface area contributed by atoms with Crippen molar-refractivity contribution in [2.45, 2.75) is 39.3 Å². The molecule has 0 aliphatic carbocycles. The zero-order valence-corrected chi connectivity index (χ0v) is 13.0. The topological polar surface area (TPSA) is 37.4 Å². The predicted molar refractivity (Wildman–Crippen MR) is 79.9 cm³/mol. The number of rotatable bonds is 6. The zero-order valence-electron chi connectivity index (χ0n) is 12.2. The Kier molecular flexibility index (Phi) is 5.76. The first kappa shape index (κ1) is 14.9. The third-order valence-corrected chi connectivity index (χ3v) is 4.46. The van der Waals surface area contributed by atoms with Crippen molar-refractivity contribution in [1.82, 2.24) is 15.2 Å². The number of morpholine rings is 1. The second kappa shape index (κ2) is 7.33. The smallest absolute Gasteiger partial charge is 0.0897 e. The monoisotopic (exact) mass is 283 g/mol. The first-order chi connectivity index (χ1) is 9.22. The number of hydrogen-bond acceptors (Lipinski definition) is 5. The lowest BCUT2D eigenvalue weighted by molar-refractivity contribution is -0.0446. The summed E-state index contributed by atoms with van der Waals surface area (Å²) in [5.74, 6) is 0. The van der Waals surface area contributed by atoms with E-state index in [1.165, 1.54) is 5.69 Å². The first-order valence-corrected chi connectivity index (χ1v) is 8.09. The van der Waals surface area contributed by atoms with E-state index in [4.69, 9.17) is 4.74 Å². The summed E-state index contributed by atoms with van der Waals surface area (Å²) in [7, 11) is 0. The molecule has 0 amide bonds. The van der Waals surface area contributed by atoms with Crippen molar-refractivity contribution in [2.24, 2.45) is 0 Å². The summed E-state index contributed by atoms with van der Waals surface area (Å²) in [5, 5.41) is 6.88. The molecule has 0 spiro atoms. The van der Waals surface area contributed by atoms with Gasteiger partial charge in [-0.15, -0.1) is 11.3 Å². The van der Waals surface area contributed by atoms with E-state index in [1.807, 2.05) is 0 Å². The maximum absolute atomic E-state index is 5.98. The minimum atomic E-state index is 0.274. The molecular formula is C14H25N3OS. The van der Waals surface area contributed by atoms with Crippen LogP contribution in [0.25, 0.3) is 0 Å². The molecule has 5 heteroatoms. The number of nitrogens with zero attached hydrogens (tertiary/aromatic N) is 2. The van der Waals surface area contributed by atoms with Crippen LogP contribution in [0.5, 0.6) is 0 Å². The Balaban J connectivity index is 1.98. The molecule has 1 fully saturated rings. The largest absolute Gasteiger partial charge is 0.374 e. The highest BCUT2D eigenvalue weighted by Crippen LogP contribution is 2.15. The summed E-state index contributed by atoms with van der Waals surface area (Å²) in [6, 6.07) is 0.362. The maximum atomic E-state index is 5.98. The summed E-state index contributed by atoms with van der Waals surface area (Å²) in [4.78, 5) is 7.04. The van der Waals surface area contributed by atoms with E-state index in [0.29, 0.717) is 6.04 Å². The summed E-state index contributed by atoms with van der Waals surface area (Å²) >= 11 is 1.73. The lowest BCUT2D eigenvalue weighted by atomic mass is 10.0. The van der Waals surface area contributed by atoms with Crippen molar-refractivity contribution in [3.05, 3.63) is 16.1 Å². The highest BCUT2D eigenvalue weighted by molar-refractivity contribution is 7.09. The lowest BCUT2D eigenvalue weighted by Gasteiger charge is -2.36. The number of hydrogen-bond donors (Lipinski definition) is 1. The quantitative estimate of drug-likeness (QED) is 0.862. The second-order valence-electron chi connectivity index (χ2n) is 5.03. The predicted octanol–water partition coefficient (Wildman–Crippen LogP) is 1.69. The van der Waals surface area contributed by atoms with Gasteiger partial charge in [-0.05, 0) is 20.0 Å². The van der Waals surface area contributed by atoms with E-state index >= 15 is 0 Å². The maximum Gasteiger partial charge on any atom is 0.0897 e. The van der Waals surface area contributed by atoms with E-state index in [1.54, 1.807) is 11.3 Å². The van der Waals surface area contributed by atoms with Crippen molar-refractivity contribution in [3.8, 4) is 0 Å². The van der Waals surface area contributed by atoms with Crippen LogP contribution in [0.1, 0.15) is 24.5 Å². The van der Waals surface area contributed by atoms with E-state index < -0.39 is 0 Å². The summed E-state index contributed by atoms with van der Waals surface area (Å²) in [6.45, 7) is 11.4. The Morgan fingerprint density at radius 1 is 1.58 bits per heavy atom. The minimum Gasteiger partial charge on any atom is -0.374 e. The second-order valence-corrected chi connectivity index (χ2v) is 6.09. The van der Waals surface area contributed by atoms with Crippen molar-refractivity contribution in [3.63, 3.8) is 0 Å². The molecule has 0 radical (unpaired) electrons. The highest BCUT2D eigenvalue weighted by Gasteiger charge is 2.27. The van der Waals surface area contributed by atoms with Gasteiger partial charge in [0, 0.05) is 30.9 Å². The van der Waals surface area contributed by atoms with Crippen LogP contribution in [0, 0.1) is 6.92 Å². The Morgan fingerprint density at radius 3 is 3.05 bits per heavy atom. The zero-order chi connectivity index (χ0) is 13.7. The lowest BCUT2D eigenvalue weighted by Crippen LogP contribution is -2.53. The molecule has 0 saturated carbocycles. The average Bonchev–Trinajstić information content (AvgIpc) is 2.84. The molecule has 2 rings (SSSR count). The molecule has 1 aromatic heterocycles. The molecular weight excluding hydrogens is 258 g/mol. The molecule has 1 N–H and O–H groups in total. The van der Waals surface area contributed by atoms with E-state index in [-0.39, 0.29) is 6.10 Å². The van der Waals surface area contributed by atoms with Gasteiger partial charge in [0.25, 0.3) is 0 Å². The van der Waals surface area contributed by atoms with Crippen LogP contribution in [-0.2, 0) is 11.2 Å². The summed E-state index contributed by atoms with van der Waals surface area (Å²) < 4.78 is 5.98. The van der Waals surface area contributed by atoms with Gasteiger partial charge in [0.1, 0.15) is 0 Å². The number of thiazole rings is 1. The number of nitrogens with one attached hydrogen (secondary N) is 1. The van der Waals surface area contributed by atoms with Crippen LogP contribution in [0.15, 0.2) is 5.38 Å². The SMILES string of the molecule is CCNC(Cc1csc(C)n1)C1CN(CC)CCO1. The van der Waals surface area contributed by atoms with E-state index in [0.717, 1.165) is 44.2 Å². The van der Waals surface area contributed by atoms with Crippen LogP contribution in [0.3, 0.4) is 0 Å². The van der Waals surface area contributed by atoms with E-state index in [9.17, 15) is 0 Å². The van der Waals surface area contributed by atoms with Crippen LogP contribution in [0.2, 0.25) is 0 Å². The van der Waals surface area contributed by atoms with Crippen LogP contribution in [-0.4, -0.2) is 54.8 Å². The van der Waals surface area contributed by atoms with Gasteiger partial charge in [-0.2, -0.15) is 0 Å². The molecule has 1 aliphatic rings. The number of likely N-dealkylation sites (N-methyl/N-ethyl adjacent to an activating group) is 2. The summed E-state index contributed by atoms with van der Waals surface area (Å²) in [6.07, 6.45) is 1.23. The molecule has 1 aromatic rings. The van der Waals surface area contributed by atoms with Gasteiger partial charge >= 0.3 is 0 Å². The molecule has 0 bridgehead atoms. The van der Waals surface area contributed by atoms with Crippen molar-refractivity contribution in [2.75, 3.05) is 32.8 Å². The van der Waals surface area contributed by atoms with Gasteiger partial charge in [0.2, 0.25) is 0 Å².